The number of hydrogen-bond donors (Lipinski definition) is 2. The number of rotatable bonds is 8. The number of halogens is 1. The zero-order valence-corrected chi connectivity index (χ0v) is 23.3. The van der Waals surface area contributed by atoms with Crippen LogP contribution in [0.5, 0.6) is 0 Å². The van der Waals surface area contributed by atoms with Crippen LogP contribution in [0.4, 0.5) is 5.00 Å². The molecule has 6 nitrogen and oxygen atoms in total. The van der Waals surface area contributed by atoms with E-state index in [4.69, 9.17) is 11.6 Å². The summed E-state index contributed by atoms with van der Waals surface area (Å²) in [5.74, 6) is 0.0329. The molecule has 2 heterocycles. The molecule has 0 saturated heterocycles. The van der Waals surface area contributed by atoms with Crippen molar-refractivity contribution in [1.82, 2.24) is 15.3 Å². The number of amides is 2. The highest BCUT2D eigenvalue weighted by atomic mass is 35.5. The number of benzene rings is 2. The van der Waals surface area contributed by atoms with E-state index in [0.717, 1.165) is 47.3 Å². The second kappa shape index (κ2) is 12.1. The van der Waals surface area contributed by atoms with Crippen LogP contribution in [0.1, 0.15) is 60.8 Å². The van der Waals surface area contributed by atoms with Crippen LogP contribution in [-0.2, 0) is 25.1 Å². The molecule has 9 heteroatoms. The van der Waals surface area contributed by atoms with Gasteiger partial charge in [-0.3, -0.25) is 9.59 Å². The average molecular weight is 563 g/mol. The number of thioether (sulfide) groups is 1. The zero-order chi connectivity index (χ0) is 26.5. The van der Waals surface area contributed by atoms with Crippen molar-refractivity contribution < 1.29 is 9.59 Å². The lowest BCUT2D eigenvalue weighted by atomic mass is 9.95. The van der Waals surface area contributed by atoms with Gasteiger partial charge in [0.15, 0.2) is 10.9 Å². The smallest absolute Gasteiger partial charge is 0.276 e. The number of aryl methyl sites for hydroxylation is 2. The number of fused-ring (bicyclic) bond motifs is 1. The second-order valence-electron chi connectivity index (χ2n) is 9.16. The fourth-order valence-electron chi connectivity index (χ4n) is 4.45. The summed E-state index contributed by atoms with van der Waals surface area (Å²) in [4.78, 5) is 36.6. The molecule has 0 spiro atoms. The Balaban J connectivity index is 1.35. The molecule has 5 rings (SSSR count). The summed E-state index contributed by atoms with van der Waals surface area (Å²) in [6.07, 6.45) is 5.28. The summed E-state index contributed by atoms with van der Waals surface area (Å²) < 4.78 is 0. The molecule has 1 aliphatic rings. The lowest BCUT2D eigenvalue weighted by molar-refractivity contribution is 0.0951. The van der Waals surface area contributed by atoms with Crippen LogP contribution in [0.3, 0.4) is 0 Å². The van der Waals surface area contributed by atoms with Gasteiger partial charge >= 0.3 is 0 Å². The number of carbonyl (C=O) groups excluding carboxylic acids is 2. The molecule has 4 aromatic rings. The highest BCUT2D eigenvalue weighted by Crippen LogP contribution is 2.38. The van der Waals surface area contributed by atoms with Crippen molar-refractivity contribution >= 4 is 51.5 Å². The van der Waals surface area contributed by atoms with Crippen molar-refractivity contribution in [2.24, 2.45) is 0 Å². The molecule has 0 atom stereocenters. The first-order chi connectivity index (χ1) is 18.5. The lowest BCUT2D eigenvalue weighted by Crippen LogP contribution is -2.25. The molecule has 0 saturated carbocycles. The van der Waals surface area contributed by atoms with Crippen LogP contribution >= 0.6 is 34.7 Å². The first-order valence-corrected chi connectivity index (χ1v) is 14.6. The fraction of sp³-hybridized carbons (Fsp3) is 0.241. The Morgan fingerprint density at radius 3 is 2.63 bits per heavy atom. The van der Waals surface area contributed by atoms with Crippen molar-refractivity contribution in [2.75, 3.05) is 5.32 Å². The SMILES string of the molecule is Cc1cccc(CSc2ncc(Cl)c(C(=O)Nc3sc4c(c3C(=O)NCc3ccccc3)CCCC4)n2)c1. The maximum atomic E-state index is 13.4. The maximum Gasteiger partial charge on any atom is 0.276 e. The van der Waals surface area contributed by atoms with Crippen molar-refractivity contribution in [3.63, 3.8) is 0 Å². The third-order valence-corrected chi connectivity index (χ3v) is 8.73. The largest absolute Gasteiger partial charge is 0.348 e. The van der Waals surface area contributed by atoms with E-state index >= 15 is 0 Å². The molecule has 2 N–H and O–H groups in total. The minimum atomic E-state index is -0.453. The number of nitrogens with zero attached hydrogens (tertiary/aromatic N) is 2. The van der Waals surface area contributed by atoms with E-state index in [0.29, 0.717) is 28.0 Å². The van der Waals surface area contributed by atoms with Gasteiger partial charge in [0.1, 0.15) is 5.00 Å². The fourth-order valence-corrected chi connectivity index (χ4v) is 6.67. The molecule has 2 aromatic carbocycles. The van der Waals surface area contributed by atoms with Crippen molar-refractivity contribution in [3.8, 4) is 0 Å². The standard InChI is InChI=1S/C29H27ClN4O2S2/c1-18-8-7-11-20(14-18)17-37-29-32-16-22(30)25(33-29)27(36)34-28-24(21-12-5-6-13-23(21)38-28)26(35)31-15-19-9-3-2-4-10-19/h2-4,7-11,14,16H,5-6,12-13,15,17H2,1H3,(H,31,35)(H,34,36). The van der Waals surface area contributed by atoms with Gasteiger partial charge in [-0.05, 0) is 49.3 Å². The van der Waals surface area contributed by atoms with Gasteiger partial charge in [-0.1, -0.05) is 83.5 Å². The first kappa shape index (κ1) is 26.4. The minimum absolute atomic E-state index is 0.0930. The number of hydrogen-bond acceptors (Lipinski definition) is 6. The monoisotopic (exact) mass is 562 g/mol. The molecule has 194 valence electrons. The highest BCUT2D eigenvalue weighted by molar-refractivity contribution is 7.98. The molecule has 38 heavy (non-hydrogen) atoms. The van der Waals surface area contributed by atoms with Crippen molar-refractivity contribution in [3.05, 3.63) is 104 Å². The van der Waals surface area contributed by atoms with Crippen molar-refractivity contribution in [2.45, 2.75) is 50.1 Å². The quantitative estimate of drug-likeness (QED) is 0.181. The van der Waals surface area contributed by atoms with Crippen LogP contribution < -0.4 is 10.6 Å². The van der Waals surface area contributed by atoms with Gasteiger partial charge in [-0.15, -0.1) is 11.3 Å². The Hall–Kier alpha value is -3.20. The zero-order valence-electron chi connectivity index (χ0n) is 20.9. The molecule has 2 amide bonds. The van der Waals surface area contributed by atoms with E-state index in [2.05, 4.69) is 26.7 Å². The summed E-state index contributed by atoms with van der Waals surface area (Å²) in [5, 5.41) is 7.14. The van der Waals surface area contributed by atoms with E-state index in [1.807, 2.05) is 55.5 Å². The van der Waals surface area contributed by atoms with Crippen LogP contribution in [0.25, 0.3) is 0 Å². The normalized spacial score (nSPS) is 12.6. The topological polar surface area (TPSA) is 84.0 Å². The third-order valence-electron chi connectivity index (χ3n) is 6.31. The number of nitrogens with one attached hydrogen (secondary N) is 2. The van der Waals surface area contributed by atoms with E-state index in [1.54, 1.807) is 0 Å². The van der Waals surface area contributed by atoms with Crippen LogP contribution in [-0.4, -0.2) is 21.8 Å². The van der Waals surface area contributed by atoms with Crippen molar-refractivity contribution in [1.29, 1.82) is 0 Å². The molecule has 1 aliphatic carbocycles. The highest BCUT2D eigenvalue weighted by Gasteiger charge is 2.27. The molecule has 2 aromatic heterocycles. The Labute approximate surface area is 235 Å². The molecular weight excluding hydrogens is 536 g/mol. The Morgan fingerprint density at radius 1 is 1.03 bits per heavy atom. The Kier molecular flexibility index (Phi) is 8.42. The molecular formula is C29H27ClN4O2S2. The van der Waals surface area contributed by atoms with Gasteiger partial charge in [0, 0.05) is 17.2 Å². The number of carbonyl (C=O) groups is 2. The summed E-state index contributed by atoms with van der Waals surface area (Å²) in [7, 11) is 0. The molecule has 0 radical (unpaired) electrons. The van der Waals surface area contributed by atoms with Crippen LogP contribution in [0.15, 0.2) is 66.0 Å². The Bertz CT molecular complexity index is 1470. The predicted octanol–water partition coefficient (Wildman–Crippen LogP) is 6.85. The van der Waals surface area contributed by atoms with E-state index in [1.165, 1.54) is 34.9 Å². The summed E-state index contributed by atoms with van der Waals surface area (Å²) in [6, 6.07) is 18.0. The Morgan fingerprint density at radius 2 is 1.82 bits per heavy atom. The van der Waals surface area contributed by atoms with Gasteiger partial charge in [0.05, 0.1) is 16.8 Å². The molecule has 0 unspecified atom stereocenters. The predicted molar refractivity (Wildman–Crippen MR) is 154 cm³/mol. The maximum absolute atomic E-state index is 13.4. The summed E-state index contributed by atoms with van der Waals surface area (Å²) in [6.45, 7) is 2.46. The van der Waals surface area contributed by atoms with Gasteiger partial charge in [-0.2, -0.15) is 0 Å². The van der Waals surface area contributed by atoms with Crippen LogP contribution in [0, 0.1) is 6.92 Å². The summed E-state index contributed by atoms with van der Waals surface area (Å²) in [5.41, 5.74) is 5.02. The van der Waals surface area contributed by atoms with Gasteiger partial charge in [-0.25, -0.2) is 9.97 Å². The van der Waals surface area contributed by atoms with E-state index in [9.17, 15) is 9.59 Å². The van der Waals surface area contributed by atoms with E-state index in [-0.39, 0.29) is 16.6 Å². The third kappa shape index (κ3) is 6.26. The number of thiophene rings is 1. The summed E-state index contributed by atoms with van der Waals surface area (Å²) >= 11 is 9.26. The van der Waals surface area contributed by atoms with Crippen LogP contribution in [0.2, 0.25) is 5.02 Å². The lowest BCUT2D eigenvalue weighted by Gasteiger charge is -2.13. The average Bonchev–Trinajstić information content (AvgIpc) is 3.29. The minimum Gasteiger partial charge on any atom is -0.348 e. The van der Waals surface area contributed by atoms with Gasteiger partial charge in [0.2, 0.25) is 0 Å². The molecule has 0 bridgehead atoms. The second-order valence-corrected chi connectivity index (χ2v) is 11.6. The van der Waals surface area contributed by atoms with E-state index < -0.39 is 5.91 Å². The molecule has 0 aliphatic heterocycles. The first-order valence-electron chi connectivity index (χ1n) is 12.5. The van der Waals surface area contributed by atoms with Gasteiger partial charge < -0.3 is 10.6 Å². The number of anilines is 1. The number of aromatic nitrogens is 2. The van der Waals surface area contributed by atoms with Gasteiger partial charge in [0.25, 0.3) is 11.8 Å². The molecule has 0 fully saturated rings.